The Bertz CT molecular complexity index is 389. The molecule has 0 bridgehead atoms. The molecule has 1 amide bonds. The monoisotopic (exact) mass is 218 g/mol. The van der Waals surface area contributed by atoms with Gasteiger partial charge in [-0.05, 0) is 6.07 Å². The number of rotatable bonds is 6. The lowest BCUT2D eigenvalue weighted by Crippen LogP contribution is -2.24. The van der Waals surface area contributed by atoms with Crippen molar-refractivity contribution < 1.29 is 4.79 Å². The summed E-state index contributed by atoms with van der Waals surface area (Å²) in [6, 6.07) is 1.55. The van der Waals surface area contributed by atoms with Gasteiger partial charge < -0.3 is 10.6 Å². The van der Waals surface area contributed by atoms with Gasteiger partial charge in [-0.2, -0.15) is 0 Å². The summed E-state index contributed by atoms with van der Waals surface area (Å²) in [6.45, 7) is 8.05. The minimum Gasteiger partial charge on any atom is -0.351 e. The van der Waals surface area contributed by atoms with Gasteiger partial charge in [0.2, 0.25) is 5.95 Å². The van der Waals surface area contributed by atoms with E-state index in [-0.39, 0.29) is 5.91 Å². The van der Waals surface area contributed by atoms with Crippen molar-refractivity contribution in [2.45, 2.75) is 0 Å². The second kappa shape index (κ2) is 6.34. The molecule has 5 nitrogen and oxygen atoms in total. The zero-order chi connectivity index (χ0) is 11.8. The number of amides is 1. The van der Waals surface area contributed by atoms with Crippen LogP contribution in [0.4, 0.5) is 5.95 Å². The van der Waals surface area contributed by atoms with E-state index in [1.165, 1.54) is 6.20 Å². The molecule has 0 saturated heterocycles. The molecule has 5 heteroatoms. The zero-order valence-electron chi connectivity index (χ0n) is 8.94. The summed E-state index contributed by atoms with van der Waals surface area (Å²) in [5, 5.41) is 5.54. The minimum atomic E-state index is -0.246. The highest BCUT2D eigenvalue weighted by atomic mass is 16.1. The van der Waals surface area contributed by atoms with Crippen LogP contribution in [0.2, 0.25) is 0 Å². The topological polar surface area (TPSA) is 66.9 Å². The Morgan fingerprint density at radius 3 is 2.81 bits per heavy atom. The molecular formula is C11H14N4O. The largest absolute Gasteiger partial charge is 0.351 e. The van der Waals surface area contributed by atoms with Gasteiger partial charge in [0.25, 0.3) is 5.91 Å². The standard InChI is InChI=1S/C11H14N4O/c1-3-6-12-10(16)9-5-8-14-11(15-9)13-7-4-2/h3-5,8H,1-2,6-7H2,(H,12,16)(H,13,14,15). The van der Waals surface area contributed by atoms with E-state index < -0.39 is 0 Å². The lowest BCUT2D eigenvalue weighted by atomic mass is 10.4. The average Bonchev–Trinajstić information content (AvgIpc) is 2.33. The van der Waals surface area contributed by atoms with Gasteiger partial charge in [0.15, 0.2) is 0 Å². The molecule has 0 fully saturated rings. The summed E-state index contributed by atoms with van der Waals surface area (Å²) in [5.74, 6) is 0.162. The Labute approximate surface area is 94.3 Å². The van der Waals surface area contributed by atoms with E-state index in [4.69, 9.17) is 0 Å². The Balaban J connectivity index is 2.69. The van der Waals surface area contributed by atoms with Crippen LogP contribution in [0.1, 0.15) is 10.5 Å². The summed E-state index contributed by atoms with van der Waals surface area (Å²) >= 11 is 0. The molecule has 0 aliphatic heterocycles. The van der Waals surface area contributed by atoms with Gasteiger partial charge in [0.05, 0.1) is 0 Å². The van der Waals surface area contributed by atoms with Gasteiger partial charge in [0, 0.05) is 19.3 Å². The van der Waals surface area contributed by atoms with E-state index in [9.17, 15) is 4.79 Å². The summed E-state index contributed by atoms with van der Waals surface area (Å²) in [5.41, 5.74) is 0.323. The van der Waals surface area contributed by atoms with Crippen molar-refractivity contribution in [1.82, 2.24) is 15.3 Å². The number of hydrogen-bond acceptors (Lipinski definition) is 4. The maximum Gasteiger partial charge on any atom is 0.270 e. The maximum atomic E-state index is 11.5. The second-order valence-corrected chi connectivity index (χ2v) is 2.93. The molecule has 0 radical (unpaired) electrons. The predicted molar refractivity (Wildman–Crippen MR) is 63.2 cm³/mol. The molecule has 0 aliphatic rings. The molecule has 2 N–H and O–H groups in total. The average molecular weight is 218 g/mol. The van der Waals surface area contributed by atoms with Crippen molar-refractivity contribution in [2.24, 2.45) is 0 Å². The third kappa shape index (κ3) is 3.53. The molecule has 1 aromatic rings. The van der Waals surface area contributed by atoms with Gasteiger partial charge in [-0.3, -0.25) is 4.79 Å². The summed E-state index contributed by atoms with van der Waals surface area (Å²) in [7, 11) is 0. The third-order valence-corrected chi connectivity index (χ3v) is 1.70. The van der Waals surface area contributed by atoms with Crippen LogP contribution in [-0.2, 0) is 0 Å². The molecule has 84 valence electrons. The van der Waals surface area contributed by atoms with E-state index in [1.807, 2.05) is 0 Å². The lowest BCUT2D eigenvalue weighted by molar-refractivity contribution is 0.0953. The second-order valence-electron chi connectivity index (χ2n) is 2.93. The molecule has 1 rings (SSSR count). The Morgan fingerprint density at radius 1 is 1.38 bits per heavy atom. The molecule has 0 spiro atoms. The Hall–Kier alpha value is -2.17. The number of carbonyl (C=O) groups excluding carboxylic acids is 1. The first-order chi connectivity index (χ1) is 7.77. The number of nitrogens with zero attached hydrogens (tertiary/aromatic N) is 2. The third-order valence-electron chi connectivity index (χ3n) is 1.70. The number of anilines is 1. The number of aromatic nitrogens is 2. The van der Waals surface area contributed by atoms with E-state index in [0.29, 0.717) is 24.7 Å². The quantitative estimate of drug-likeness (QED) is 0.699. The number of carbonyl (C=O) groups is 1. The smallest absolute Gasteiger partial charge is 0.270 e. The van der Waals surface area contributed by atoms with Crippen LogP contribution < -0.4 is 10.6 Å². The molecule has 1 aromatic heterocycles. The van der Waals surface area contributed by atoms with Crippen molar-refractivity contribution >= 4 is 11.9 Å². The summed E-state index contributed by atoms with van der Waals surface area (Å²) in [6.07, 6.45) is 4.82. The first-order valence-electron chi connectivity index (χ1n) is 4.85. The normalized spacial score (nSPS) is 9.25. The summed E-state index contributed by atoms with van der Waals surface area (Å²) in [4.78, 5) is 19.5. The van der Waals surface area contributed by atoms with Gasteiger partial charge >= 0.3 is 0 Å². The van der Waals surface area contributed by atoms with Crippen molar-refractivity contribution in [3.05, 3.63) is 43.3 Å². The highest BCUT2D eigenvalue weighted by Gasteiger charge is 2.06. The first-order valence-corrected chi connectivity index (χ1v) is 4.85. The highest BCUT2D eigenvalue weighted by Crippen LogP contribution is 1.99. The predicted octanol–water partition coefficient (Wildman–Crippen LogP) is 0.990. The van der Waals surface area contributed by atoms with Crippen molar-refractivity contribution in [3.63, 3.8) is 0 Å². The van der Waals surface area contributed by atoms with Gasteiger partial charge in [0.1, 0.15) is 5.69 Å². The first kappa shape index (κ1) is 11.9. The van der Waals surface area contributed by atoms with Gasteiger partial charge in [-0.1, -0.05) is 12.2 Å². The van der Waals surface area contributed by atoms with Crippen LogP contribution in [0.3, 0.4) is 0 Å². The van der Waals surface area contributed by atoms with E-state index in [0.717, 1.165) is 0 Å². The minimum absolute atomic E-state index is 0.246. The lowest BCUT2D eigenvalue weighted by Gasteiger charge is -2.04. The Kier molecular flexibility index (Phi) is 4.72. The fourth-order valence-electron chi connectivity index (χ4n) is 0.989. The maximum absolute atomic E-state index is 11.5. The Morgan fingerprint density at radius 2 is 2.12 bits per heavy atom. The fraction of sp³-hybridized carbons (Fsp3) is 0.182. The molecule has 0 aromatic carbocycles. The highest BCUT2D eigenvalue weighted by molar-refractivity contribution is 5.92. The molecule has 0 saturated carbocycles. The molecular weight excluding hydrogens is 204 g/mol. The van der Waals surface area contributed by atoms with Crippen LogP contribution in [0, 0.1) is 0 Å². The van der Waals surface area contributed by atoms with E-state index in [2.05, 4.69) is 33.8 Å². The number of nitrogens with one attached hydrogen (secondary N) is 2. The van der Waals surface area contributed by atoms with Crippen LogP contribution in [0.5, 0.6) is 0 Å². The van der Waals surface area contributed by atoms with Crippen molar-refractivity contribution in [3.8, 4) is 0 Å². The SMILES string of the molecule is C=CCNC(=O)c1ccnc(NCC=C)n1. The van der Waals surface area contributed by atoms with Crippen LogP contribution in [0.25, 0.3) is 0 Å². The van der Waals surface area contributed by atoms with Crippen LogP contribution in [0.15, 0.2) is 37.6 Å². The molecule has 16 heavy (non-hydrogen) atoms. The zero-order valence-corrected chi connectivity index (χ0v) is 8.94. The summed E-state index contributed by atoms with van der Waals surface area (Å²) < 4.78 is 0. The fourth-order valence-corrected chi connectivity index (χ4v) is 0.989. The van der Waals surface area contributed by atoms with Crippen molar-refractivity contribution in [1.29, 1.82) is 0 Å². The van der Waals surface area contributed by atoms with E-state index in [1.54, 1.807) is 18.2 Å². The van der Waals surface area contributed by atoms with E-state index >= 15 is 0 Å². The number of hydrogen-bond donors (Lipinski definition) is 2. The van der Waals surface area contributed by atoms with Crippen molar-refractivity contribution in [2.75, 3.05) is 18.4 Å². The van der Waals surface area contributed by atoms with Gasteiger partial charge in [-0.25, -0.2) is 9.97 Å². The molecule has 0 atom stereocenters. The van der Waals surface area contributed by atoms with Crippen LogP contribution >= 0.6 is 0 Å². The molecule has 0 unspecified atom stereocenters. The molecule has 1 heterocycles. The van der Waals surface area contributed by atoms with Gasteiger partial charge in [-0.15, -0.1) is 13.2 Å². The van der Waals surface area contributed by atoms with Crippen LogP contribution in [-0.4, -0.2) is 29.0 Å². The molecule has 0 aliphatic carbocycles.